The lowest BCUT2D eigenvalue weighted by Crippen LogP contribution is -2.29. The van der Waals surface area contributed by atoms with Gasteiger partial charge in [0.25, 0.3) is 11.7 Å². The number of carbonyl (C=O) groups excluding carboxylic acids is 2. The molecule has 1 amide bonds. The number of benzene rings is 1. The molecule has 0 aliphatic carbocycles. The van der Waals surface area contributed by atoms with Gasteiger partial charge in [-0.15, -0.1) is 5.10 Å². The van der Waals surface area contributed by atoms with Crippen LogP contribution < -0.4 is 4.90 Å². The minimum Gasteiger partial charge on any atom is -0.299 e. The summed E-state index contributed by atoms with van der Waals surface area (Å²) in [5, 5.41) is 8.30. The Labute approximate surface area is 154 Å². The normalized spacial score (nSPS) is 14.0. The molecule has 2 aromatic rings. The van der Waals surface area contributed by atoms with Crippen LogP contribution in [-0.2, 0) is 24.3 Å². The van der Waals surface area contributed by atoms with Crippen LogP contribution in [-0.4, -0.2) is 26.7 Å². The zero-order valence-electron chi connectivity index (χ0n) is 15.9. The topological polar surface area (TPSA) is 68.1 Å². The highest BCUT2D eigenvalue weighted by atomic mass is 16.2. The van der Waals surface area contributed by atoms with Crippen molar-refractivity contribution in [1.82, 2.24) is 15.0 Å². The van der Waals surface area contributed by atoms with Crippen molar-refractivity contribution in [2.75, 3.05) is 4.90 Å². The van der Waals surface area contributed by atoms with Crippen molar-refractivity contribution in [2.45, 2.75) is 53.6 Å². The van der Waals surface area contributed by atoms with E-state index in [2.05, 4.69) is 38.0 Å². The Morgan fingerprint density at radius 3 is 2.54 bits per heavy atom. The van der Waals surface area contributed by atoms with Gasteiger partial charge in [0.1, 0.15) is 5.69 Å². The number of nitrogens with zero attached hydrogens (tertiary/aromatic N) is 4. The average Bonchev–Trinajstić information content (AvgIpc) is 3.11. The van der Waals surface area contributed by atoms with Crippen LogP contribution in [0.3, 0.4) is 0 Å². The van der Waals surface area contributed by atoms with E-state index in [1.165, 1.54) is 4.90 Å². The Hall–Kier alpha value is -2.50. The van der Waals surface area contributed by atoms with Gasteiger partial charge in [0.15, 0.2) is 0 Å². The number of aromatic nitrogens is 3. The summed E-state index contributed by atoms with van der Waals surface area (Å²) in [5.74, 6) is 0.170. The highest BCUT2D eigenvalue weighted by molar-refractivity contribution is 6.52. The van der Waals surface area contributed by atoms with Crippen molar-refractivity contribution in [3.8, 4) is 0 Å². The lowest BCUT2D eigenvalue weighted by molar-refractivity contribution is -0.114. The van der Waals surface area contributed by atoms with E-state index in [1.54, 1.807) is 10.7 Å². The zero-order chi connectivity index (χ0) is 18.8. The van der Waals surface area contributed by atoms with E-state index in [-0.39, 0.29) is 6.54 Å². The quantitative estimate of drug-likeness (QED) is 0.716. The van der Waals surface area contributed by atoms with Crippen molar-refractivity contribution in [3.63, 3.8) is 0 Å². The number of rotatable bonds is 7. The van der Waals surface area contributed by atoms with E-state index in [9.17, 15) is 9.59 Å². The number of hydrogen-bond donors (Lipinski definition) is 0. The van der Waals surface area contributed by atoms with Crippen molar-refractivity contribution in [1.29, 1.82) is 0 Å². The molecule has 0 N–H and O–H groups in total. The lowest BCUT2D eigenvalue weighted by Gasteiger charge is -2.16. The fourth-order valence-electron chi connectivity index (χ4n) is 3.17. The van der Waals surface area contributed by atoms with Crippen molar-refractivity contribution < 1.29 is 9.59 Å². The monoisotopic (exact) mass is 354 g/mol. The number of hydrogen-bond acceptors (Lipinski definition) is 4. The number of carbonyl (C=O) groups is 2. The summed E-state index contributed by atoms with van der Waals surface area (Å²) in [6, 6.07) is 5.67. The van der Waals surface area contributed by atoms with Crippen LogP contribution in [0.4, 0.5) is 5.69 Å². The molecule has 0 unspecified atom stereocenters. The Morgan fingerprint density at radius 1 is 1.08 bits per heavy atom. The molecule has 138 valence electrons. The molecule has 6 heteroatoms. The Balaban J connectivity index is 1.80. The highest BCUT2D eigenvalue weighted by Gasteiger charge is 2.36. The zero-order valence-corrected chi connectivity index (χ0v) is 15.9. The van der Waals surface area contributed by atoms with Crippen LogP contribution in [0, 0.1) is 11.8 Å². The maximum absolute atomic E-state index is 12.4. The van der Waals surface area contributed by atoms with Crippen molar-refractivity contribution >= 4 is 17.4 Å². The number of amides is 1. The maximum atomic E-state index is 12.4. The van der Waals surface area contributed by atoms with Gasteiger partial charge in [0, 0.05) is 6.54 Å². The van der Waals surface area contributed by atoms with Gasteiger partial charge >= 0.3 is 0 Å². The van der Waals surface area contributed by atoms with Gasteiger partial charge < -0.3 is 0 Å². The first kappa shape index (κ1) is 18.3. The molecule has 0 saturated carbocycles. The number of fused-ring (bicyclic) bond motifs is 1. The molecule has 3 rings (SSSR count). The largest absolute Gasteiger partial charge is 0.299 e. The second-order valence-electron chi connectivity index (χ2n) is 7.83. The summed E-state index contributed by atoms with van der Waals surface area (Å²) in [6.07, 6.45) is 3.79. The molecule has 1 aliphatic rings. The molecule has 0 saturated heterocycles. The first-order valence-electron chi connectivity index (χ1n) is 9.23. The summed E-state index contributed by atoms with van der Waals surface area (Å²) < 4.78 is 1.80. The number of ketones is 1. The van der Waals surface area contributed by atoms with Gasteiger partial charge in [-0.05, 0) is 42.4 Å². The second-order valence-corrected chi connectivity index (χ2v) is 7.83. The fourth-order valence-corrected chi connectivity index (χ4v) is 3.17. The van der Waals surface area contributed by atoms with E-state index in [1.807, 2.05) is 18.3 Å². The summed E-state index contributed by atoms with van der Waals surface area (Å²) in [5.41, 5.74) is 2.99. The average molecular weight is 354 g/mol. The van der Waals surface area contributed by atoms with E-state index >= 15 is 0 Å². The first-order valence-corrected chi connectivity index (χ1v) is 9.23. The molecule has 1 aromatic heterocycles. The number of aryl methyl sites for hydroxylation is 1. The van der Waals surface area contributed by atoms with Gasteiger partial charge in [-0.3, -0.25) is 19.2 Å². The maximum Gasteiger partial charge on any atom is 0.299 e. The first-order chi connectivity index (χ1) is 12.3. The summed E-state index contributed by atoms with van der Waals surface area (Å²) in [4.78, 5) is 26.3. The third-order valence-corrected chi connectivity index (χ3v) is 4.52. The Morgan fingerprint density at radius 2 is 1.85 bits per heavy atom. The van der Waals surface area contributed by atoms with Crippen molar-refractivity contribution in [3.05, 3.63) is 41.2 Å². The number of anilines is 1. The van der Waals surface area contributed by atoms with Gasteiger partial charge in [-0.1, -0.05) is 39.0 Å². The minimum atomic E-state index is -0.488. The van der Waals surface area contributed by atoms with Crippen LogP contribution >= 0.6 is 0 Å². The molecular formula is C20H26N4O2. The molecule has 0 atom stereocenters. The van der Waals surface area contributed by atoms with Crippen LogP contribution in [0.25, 0.3) is 0 Å². The van der Waals surface area contributed by atoms with Crippen LogP contribution in [0.2, 0.25) is 0 Å². The van der Waals surface area contributed by atoms with E-state index in [4.69, 9.17) is 0 Å². The van der Waals surface area contributed by atoms with Gasteiger partial charge in [-0.2, -0.15) is 0 Å². The smallest absolute Gasteiger partial charge is 0.299 e. The van der Waals surface area contributed by atoms with Crippen molar-refractivity contribution in [2.24, 2.45) is 11.8 Å². The Bertz CT molecular complexity index is 823. The summed E-state index contributed by atoms with van der Waals surface area (Å²) >= 11 is 0. The molecule has 1 aromatic carbocycles. The summed E-state index contributed by atoms with van der Waals surface area (Å²) in [7, 11) is 0. The van der Waals surface area contributed by atoms with Gasteiger partial charge in [0.2, 0.25) is 0 Å². The molecule has 0 radical (unpaired) electrons. The van der Waals surface area contributed by atoms with Gasteiger partial charge in [-0.25, -0.2) is 0 Å². The molecule has 0 fully saturated rings. The molecule has 6 nitrogen and oxygen atoms in total. The molecule has 0 bridgehead atoms. The minimum absolute atomic E-state index is 0.268. The molecule has 2 heterocycles. The second kappa shape index (κ2) is 7.40. The highest BCUT2D eigenvalue weighted by Crippen LogP contribution is 2.31. The lowest BCUT2D eigenvalue weighted by atomic mass is 10.0. The fraction of sp³-hybridized carbons (Fsp3) is 0.500. The van der Waals surface area contributed by atoms with E-state index in [0.717, 1.165) is 24.9 Å². The van der Waals surface area contributed by atoms with Crippen LogP contribution in [0.5, 0.6) is 0 Å². The summed E-state index contributed by atoms with van der Waals surface area (Å²) in [6.45, 7) is 9.70. The van der Waals surface area contributed by atoms with Crippen LogP contribution in [0.15, 0.2) is 24.4 Å². The Kier molecular flexibility index (Phi) is 5.20. The molecule has 0 spiro atoms. The van der Waals surface area contributed by atoms with E-state index in [0.29, 0.717) is 28.8 Å². The third kappa shape index (κ3) is 3.84. The molecule has 1 aliphatic heterocycles. The van der Waals surface area contributed by atoms with Crippen LogP contribution in [0.1, 0.15) is 55.7 Å². The van der Waals surface area contributed by atoms with Gasteiger partial charge in [0.05, 0.1) is 24.0 Å². The predicted octanol–water partition coefficient (Wildman–Crippen LogP) is 3.25. The predicted molar refractivity (Wildman–Crippen MR) is 100.0 cm³/mol. The standard InChI is InChI=1S/C20H26N4O2/c1-13(2)7-8-23-11-16(21-22-23)12-24-18-10-15(9-14(3)4)5-6-17(18)19(25)20(24)26/h5-6,10-11,13-14H,7-9,12H2,1-4H3. The SMILES string of the molecule is CC(C)CCn1cc(CN2C(=O)C(=O)c3ccc(CC(C)C)cc32)nn1. The van der Waals surface area contributed by atoms with E-state index < -0.39 is 11.7 Å². The molecular weight excluding hydrogens is 328 g/mol. The molecule has 26 heavy (non-hydrogen) atoms. The third-order valence-electron chi connectivity index (χ3n) is 4.52. The number of Topliss-reactive ketones (excluding diaryl/α,β-unsaturated/α-hetero) is 1.